The van der Waals surface area contributed by atoms with Gasteiger partial charge in [0.15, 0.2) is 5.78 Å². The van der Waals surface area contributed by atoms with E-state index in [4.69, 9.17) is 5.11 Å². The summed E-state index contributed by atoms with van der Waals surface area (Å²) in [6, 6.07) is 19.1. The number of ketones is 1. The Morgan fingerprint density at radius 2 is 1.53 bits per heavy atom. The zero-order valence-corrected chi connectivity index (χ0v) is 23.3. The fraction of sp³-hybridized carbons (Fsp3) is 0.333. The second-order valence-corrected chi connectivity index (χ2v) is 11.8. The van der Waals surface area contributed by atoms with Crippen molar-refractivity contribution in [3.63, 3.8) is 0 Å². The maximum atomic E-state index is 13.4. The van der Waals surface area contributed by atoms with E-state index in [0.717, 1.165) is 29.8 Å². The second-order valence-electron chi connectivity index (χ2n) is 11.8. The van der Waals surface area contributed by atoms with Crippen LogP contribution in [0.3, 0.4) is 0 Å². The van der Waals surface area contributed by atoms with E-state index in [1.807, 2.05) is 20.2 Å². The van der Waals surface area contributed by atoms with Crippen molar-refractivity contribution in [2.45, 2.75) is 57.9 Å². The molecule has 4 rings (SSSR count). The highest BCUT2D eigenvalue weighted by atomic mass is 16.4. The van der Waals surface area contributed by atoms with Crippen molar-refractivity contribution < 1.29 is 14.7 Å². The van der Waals surface area contributed by atoms with Crippen molar-refractivity contribution in [1.82, 2.24) is 0 Å². The molecular formula is C33H38N2O3. The predicted octanol–water partition coefficient (Wildman–Crippen LogP) is 7.31. The molecule has 0 saturated carbocycles. The summed E-state index contributed by atoms with van der Waals surface area (Å²) in [5, 5.41) is 12.8. The van der Waals surface area contributed by atoms with Gasteiger partial charge >= 0.3 is 5.97 Å². The lowest BCUT2D eigenvalue weighted by Crippen LogP contribution is -2.35. The quantitative estimate of drug-likeness (QED) is 0.246. The smallest absolute Gasteiger partial charge is 0.335 e. The summed E-state index contributed by atoms with van der Waals surface area (Å²) in [6.07, 6.45) is 5.45. The molecule has 2 N–H and O–H groups in total. The zero-order valence-electron chi connectivity index (χ0n) is 23.3. The number of hydrogen-bond donors (Lipinski definition) is 2. The summed E-state index contributed by atoms with van der Waals surface area (Å²) in [6.45, 7) is 9.78. The average molecular weight is 511 g/mol. The van der Waals surface area contributed by atoms with Crippen LogP contribution in [0.15, 0.2) is 66.7 Å². The lowest BCUT2D eigenvalue weighted by Gasteiger charge is -2.43. The number of carboxylic acids is 1. The molecule has 0 aliphatic heterocycles. The fourth-order valence-corrected chi connectivity index (χ4v) is 5.19. The van der Waals surface area contributed by atoms with Crippen molar-refractivity contribution in [2.24, 2.45) is 0 Å². The van der Waals surface area contributed by atoms with Crippen LogP contribution in [0.4, 0.5) is 11.4 Å². The molecule has 5 nitrogen and oxygen atoms in total. The van der Waals surface area contributed by atoms with Crippen molar-refractivity contribution in [3.05, 3.63) is 100 Å². The molecule has 1 aliphatic carbocycles. The molecule has 0 atom stereocenters. The Morgan fingerprint density at radius 3 is 2.13 bits per heavy atom. The van der Waals surface area contributed by atoms with Crippen LogP contribution >= 0.6 is 0 Å². The van der Waals surface area contributed by atoms with E-state index in [2.05, 4.69) is 68.2 Å². The monoisotopic (exact) mass is 510 g/mol. The van der Waals surface area contributed by atoms with Crippen molar-refractivity contribution in [3.8, 4) is 0 Å². The second kappa shape index (κ2) is 10.5. The molecule has 3 aromatic rings. The Morgan fingerprint density at radius 1 is 0.895 bits per heavy atom. The number of carboxylic acid groups (broad SMARTS) is 1. The highest BCUT2D eigenvalue weighted by Gasteiger charge is 2.39. The van der Waals surface area contributed by atoms with Crippen LogP contribution in [0.2, 0.25) is 0 Å². The van der Waals surface area contributed by atoms with E-state index >= 15 is 0 Å². The fourth-order valence-electron chi connectivity index (χ4n) is 5.19. The molecule has 0 radical (unpaired) electrons. The van der Waals surface area contributed by atoms with Crippen LogP contribution in [-0.2, 0) is 17.4 Å². The first kappa shape index (κ1) is 27.2. The van der Waals surface area contributed by atoms with Gasteiger partial charge in [-0.3, -0.25) is 4.79 Å². The molecule has 1 aliphatic rings. The van der Waals surface area contributed by atoms with Crippen LogP contribution in [0.5, 0.6) is 0 Å². The summed E-state index contributed by atoms with van der Waals surface area (Å²) in [5.74, 6) is -1.04. The minimum absolute atomic E-state index is 0.00866. The summed E-state index contributed by atoms with van der Waals surface area (Å²) >= 11 is 0. The summed E-state index contributed by atoms with van der Waals surface area (Å²) in [5.41, 5.74) is 7.48. The van der Waals surface area contributed by atoms with Crippen molar-refractivity contribution in [2.75, 3.05) is 24.3 Å². The largest absolute Gasteiger partial charge is 0.478 e. The van der Waals surface area contributed by atoms with E-state index in [9.17, 15) is 9.59 Å². The first-order valence-electron chi connectivity index (χ1n) is 13.1. The third kappa shape index (κ3) is 5.83. The number of carbonyl (C=O) groups excluding carboxylic acids is 1. The Bertz CT molecular complexity index is 1360. The molecule has 0 unspecified atom stereocenters. The molecule has 0 fully saturated rings. The molecule has 0 bridgehead atoms. The van der Waals surface area contributed by atoms with Gasteiger partial charge in [0.25, 0.3) is 0 Å². The third-order valence-corrected chi connectivity index (χ3v) is 7.72. The SMILES string of the molecule is CN(C)c1ccc(CNc2cc(C(=O)C=Cc3ccc(C(=O)O)cc3)cc3c2C(C)(C)CCC3(C)C)cc1. The van der Waals surface area contributed by atoms with Gasteiger partial charge in [0.05, 0.1) is 5.56 Å². The topological polar surface area (TPSA) is 69.6 Å². The van der Waals surface area contributed by atoms with Gasteiger partial charge in [0, 0.05) is 37.6 Å². The standard InChI is InChI=1S/C33H38N2O3/c1-32(2)17-18-33(3,4)30-27(32)19-25(29(36)16-11-22-7-12-24(13-8-22)31(37)38)20-28(30)34-21-23-9-14-26(15-10-23)35(5)6/h7-16,19-20,34H,17-18,21H2,1-6H3,(H,37,38). The van der Waals surface area contributed by atoms with Gasteiger partial charge in [-0.2, -0.15) is 0 Å². The molecule has 0 heterocycles. The highest BCUT2D eigenvalue weighted by molar-refractivity contribution is 6.07. The first-order valence-corrected chi connectivity index (χ1v) is 13.1. The molecule has 0 spiro atoms. The molecule has 38 heavy (non-hydrogen) atoms. The number of benzene rings is 3. The van der Waals surface area contributed by atoms with E-state index in [1.165, 1.54) is 16.7 Å². The Hall–Kier alpha value is -3.86. The minimum atomic E-state index is -0.968. The van der Waals surface area contributed by atoms with Gasteiger partial charge in [0.2, 0.25) is 0 Å². The molecule has 0 amide bonds. The molecule has 0 saturated heterocycles. The van der Waals surface area contributed by atoms with Gasteiger partial charge in [-0.1, -0.05) is 58.0 Å². The number of fused-ring (bicyclic) bond motifs is 1. The van der Waals surface area contributed by atoms with E-state index in [-0.39, 0.29) is 22.2 Å². The minimum Gasteiger partial charge on any atom is -0.478 e. The normalized spacial score (nSPS) is 15.6. The molecule has 5 heteroatoms. The number of rotatable bonds is 8. The summed E-state index contributed by atoms with van der Waals surface area (Å²) in [7, 11) is 4.07. The van der Waals surface area contributed by atoms with Gasteiger partial charge < -0.3 is 15.3 Å². The van der Waals surface area contributed by atoms with Crippen LogP contribution in [0, 0.1) is 0 Å². The average Bonchev–Trinajstić information content (AvgIpc) is 2.88. The maximum Gasteiger partial charge on any atom is 0.335 e. The molecular weight excluding hydrogens is 472 g/mol. The van der Waals surface area contributed by atoms with Crippen LogP contribution in [-0.4, -0.2) is 31.0 Å². The lowest BCUT2D eigenvalue weighted by atomic mass is 9.62. The van der Waals surface area contributed by atoms with Crippen LogP contribution < -0.4 is 10.2 Å². The Balaban J connectivity index is 1.67. The Kier molecular flexibility index (Phi) is 7.50. The van der Waals surface area contributed by atoms with Gasteiger partial charge in [0.1, 0.15) is 0 Å². The van der Waals surface area contributed by atoms with E-state index in [0.29, 0.717) is 12.1 Å². The number of nitrogens with one attached hydrogen (secondary N) is 1. The van der Waals surface area contributed by atoms with E-state index < -0.39 is 5.97 Å². The summed E-state index contributed by atoms with van der Waals surface area (Å²) < 4.78 is 0. The zero-order chi connectivity index (χ0) is 27.7. The number of hydrogen-bond acceptors (Lipinski definition) is 4. The number of aromatic carboxylic acids is 1. The lowest BCUT2D eigenvalue weighted by molar-refractivity contribution is 0.0696. The maximum absolute atomic E-state index is 13.4. The number of carbonyl (C=O) groups is 2. The van der Waals surface area contributed by atoms with Crippen molar-refractivity contribution in [1.29, 1.82) is 0 Å². The first-order chi connectivity index (χ1) is 17.9. The predicted molar refractivity (Wildman–Crippen MR) is 157 cm³/mol. The van der Waals surface area contributed by atoms with E-state index in [1.54, 1.807) is 36.4 Å². The molecule has 198 valence electrons. The molecule has 0 aromatic heterocycles. The van der Waals surface area contributed by atoms with Crippen molar-refractivity contribution >= 4 is 29.2 Å². The number of nitrogens with zero attached hydrogens (tertiary/aromatic N) is 1. The third-order valence-electron chi connectivity index (χ3n) is 7.72. The molecule has 3 aromatic carbocycles. The highest BCUT2D eigenvalue weighted by Crippen LogP contribution is 2.49. The summed E-state index contributed by atoms with van der Waals surface area (Å²) in [4.78, 5) is 26.6. The van der Waals surface area contributed by atoms with Gasteiger partial charge in [-0.15, -0.1) is 0 Å². The van der Waals surface area contributed by atoms with Gasteiger partial charge in [-0.25, -0.2) is 4.79 Å². The number of allylic oxidation sites excluding steroid dienone is 1. The van der Waals surface area contributed by atoms with Gasteiger partial charge in [-0.05, 0) is 88.4 Å². The van der Waals surface area contributed by atoms with Crippen LogP contribution in [0.25, 0.3) is 6.08 Å². The Labute approximate surface area is 226 Å². The number of anilines is 2. The van der Waals surface area contributed by atoms with Crippen LogP contribution in [0.1, 0.15) is 83.5 Å².